The number of rotatable bonds is 5. The lowest BCUT2D eigenvalue weighted by Crippen LogP contribution is -2.43. The minimum Gasteiger partial charge on any atom is -0.493 e. The van der Waals surface area contributed by atoms with Crippen LogP contribution in [0, 0.1) is 5.92 Å². The van der Waals surface area contributed by atoms with Gasteiger partial charge in [-0.1, -0.05) is 6.07 Å². The first-order valence-electron chi connectivity index (χ1n) is 8.80. The van der Waals surface area contributed by atoms with E-state index in [2.05, 4.69) is 10.3 Å². The van der Waals surface area contributed by atoms with Gasteiger partial charge >= 0.3 is 0 Å². The summed E-state index contributed by atoms with van der Waals surface area (Å²) in [4.78, 5) is 28.8. The van der Waals surface area contributed by atoms with Gasteiger partial charge in [0.2, 0.25) is 0 Å². The molecule has 0 unspecified atom stereocenters. The van der Waals surface area contributed by atoms with E-state index in [4.69, 9.17) is 4.74 Å². The Kier molecular flexibility index (Phi) is 4.42. The molecule has 1 aliphatic carbocycles. The number of nitrogens with zero attached hydrogens (tertiary/aromatic N) is 1. The third kappa shape index (κ3) is 3.20. The smallest absolute Gasteiger partial charge is 0.292 e. The highest BCUT2D eigenvalue weighted by Crippen LogP contribution is 2.39. The van der Waals surface area contributed by atoms with Crippen molar-refractivity contribution in [1.29, 1.82) is 0 Å². The van der Waals surface area contributed by atoms with Crippen molar-refractivity contribution in [3.8, 4) is 5.75 Å². The molecule has 1 saturated carbocycles. The number of aliphatic hydroxyl groups excluding tert-OH is 1. The fourth-order valence-corrected chi connectivity index (χ4v) is 3.61. The number of amides is 1. The molecule has 1 aliphatic heterocycles. The minimum atomic E-state index is -0.652. The normalized spacial score (nSPS) is 21.9. The molecule has 6 heteroatoms. The molecule has 1 fully saturated rings. The van der Waals surface area contributed by atoms with Gasteiger partial charge in [-0.3, -0.25) is 14.6 Å². The summed E-state index contributed by atoms with van der Waals surface area (Å²) >= 11 is 0. The third-order valence-corrected chi connectivity index (χ3v) is 5.11. The molecule has 2 heterocycles. The molecular weight excluding hydrogens is 332 g/mol. The maximum atomic E-state index is 12.5. The van der Waals surface area contributed by atoms with Gasteiger partial charge in [0.15, 0.2) is 0 Å². The van der Waals surface area contributed by atoms with Crippen molar-refractivity contribution in [3.05, 3.63) is 59.4 Å². The van der Waals surface area contributed by atoms with Crippen molar-refractivity contribution in [3.63, 3.8) is 0 Å². The van der Waals surface area contributed by atoms with Gasteiger partial charge in [-0.15, -0.1) is 0 Å². The Morgan fingerprint density at radius 1 is 1.27 bits per heavy atom. The molecule has 2 aliphatic rings. The molecule has 26 heavy (non-hydrogen) atoms. The van der Waals surface area contributed by atoms with E-state index in [0.29, 0.717) is 19.4 Å². The van der Waals surface area contributed by atoms with E-state index in [1.807, 2.05) is 18.2 Å². The first-order valence-corrected chi connectivity index (χ1v) is 8.80. The van der Waals surface area contributed by atoms with E-state index in [0.717, 1.165) is 23.3 Å². The highest BCUT2D eigenvalue weighted by molar-refractivity contribution is 6.42. The second kappa shape index (κ2) is 6.88. The first kappa shape index (κ1) is 16.7. The number of aromatic nitrogens is 1. The Hall–Kier alpha value is -2.73. The number of hydrogen-bond donors (Lipinski definition) is 2. The molecule has 2 aromatic rings. The topological polar surface area (TPSA) is 88.5 Å². The molecule has 1 aromatic heterocycles. The van der Waals surface area contributed by atoms with Gasteiger partial charge in [-0.2, -0.15) is 0 Å². The van der Waals surface area contributed by atoms with Crippen molar-refractivity contribution >= 4 is 11.7 Å². The van der Waals surface area contributed by atoms with Gasteiger partial charge in [0.05, 0.1) is 18.8 Å². The summed E-state index contributed by atoms with van der Waals surface area (Å²) in [5.74, 6) is -0.275. The van der Waals surface area contributed by atoms with E-state index in [1.54, 1.807) is 18.3 Å². The number of carbonyl (C=O) groups excluding carboxylic acids is 2. The van der Waals surface area contributed by atoms with Gasteiger partial charge in [-0.25, -0.2) is 0 Å². The number of ether oxygens (including phenoxy) is 1. The second-order valence-corrected chi connectivity index (χ2v) is 6.87. The van der Waals surface area contributed by atoms with Crippen molar-refractivity contribution in [1.82, 2.24) is 10.3 Å². The zero-order valence-corrected chi connectivity index (χ0v) is 14.2. The summed E-state index contributed by atoms with van der Waals surface area (Å²) in [5, 5.41) is 12.6. The molecule has 4 rings (SSSR count). The molecule has 0 radical (unpaired) electrons. The van der Waals surface area contributed by atoms with Gasteiger partial charge < -0.3 is 15.2 Å². The van der Waals surface area contributed by atoms with Gasteiger partial charge in [0, 0.05) is 24.4 Å². The summed E-state index contributed by atoms with van der Waals surface area (Å²) in [6, 6.07) is 8.76. The number of Topliss-reactive ketones (excluding diaryl/α,β-unsaturated/α-hetero) is 1. The Morgan fingerprint density at radius 2 is 2.12 bits per heavy atom. The fourth-order valence-electron chi connectivity index (χ4n) is 3.61. The van der Waals surface area contributed by atoms with Gasteiger partial charge in [0.25, 0.3) is 11.7 Å². The van der Waals surface area contributed by atoms with Crippen LogP contribution < -0.4 is 10.1 Å². The lowest BCUT2D eigenvalue weighted by Gasteiger charge is -2.38. The van der Waals surface area contributed by atoms with Crippen LogP contribution in [0.15, 0.2) is 42.7 Å². The number of nitrogens with one attached hydrogen (secondary N) is 1. The van der Waals surface area contributed by atoms with Crippen LogP contribution in [-0.2, 0) is 11.2 Å². The minimum absolute atomic E-state index is 0.107. The molecule has 1 amide bonds. The predicted molar refractivity (Wildman–Crippen MR) is 93.8 cm³/mol. The number of aliphatic hydroxyl groups is 1. The number of carbonyl (C=O) groups is 2. The summed E-state index contributed by atoms with van der Waals surface area (Å²) in [6.45, 7) is 0.664. The molecule has 0 bridgehead atoms. The average Bonchev–Trinajstić information content (AvgIpc) is 3.11. The Bertz CT molecular complexity index is 831. The second-order valence-electron chi connectivity index (χ2n) is 6.87. The van der Waals surface area contributed by atoms with E-state index >= 15 is 0 Å². The lowest BCUT2D eigenvalue weighted by molar-refractivity contribution is -0.118. The Labute approximate surface area is 151 Å². The number of hydrogen-bond acceptors (Lipinski definition) is 5. The fraction of sp³-hybridized carbons (Fsp3) is 0.350. The zero-order chi connectivity index (χ0) is 18.1. The molecule has 1 atom stereocenters. The van der Waals surface area contributed by atoms with E-state index in [-0.39, 0.29) is 23.6 Å². The lowest BCUT2D eigenvalue weighted by atomic mass is 9.74. The molecular formula is C20H20N2O4. The monoisotopic (exact) mass is 352 g/mol. The van der Waals surface area contributed by atoms with Gasteiger partial charge in [-0.05, 0) is 54.2 Å². The van der Waals surface area contributed by atoms with Crippen LogP contribution in [0.4, 0.5) is 0 Å². The highest BCUT2D eigenvalue weighted by atomic mass is 16.5. The average molecular weight is 352 g/mol. The van der Waals surface area contributed by atoms with Crippen molar-refractivity contribution in [2.75, 3.05) is 6.61 Å². The maximum Gasteiger partial charge on any atom is 0.292 e. The molecule has 6 nitrogen and oxygen atoms in total. The number of fused-ring (bicyclic) bond motifs is 1. The Balaban J connectivity index is 1.56. The summed E-state index contributed by atoms with van der Waals surface area (Å²) in [6.07, 6.45) is 4.66. The maximum absolute atomic E-state index is 12.5. The van der Waals surface area contributed by atoms with Crippen LogP contribution in [0.1, 0.15) is 40.4 Å². The number of benzene rings is 1. The molecule has 1 aromatic carbocycles. The SMILES string of the molecule is O=C(N[C@H](c1ccc2c(c1)CCO2)C1CC(O)C1)C(=O)c1cccnc1. The van der Waals surface area contributed by atoms with E-state index in [9.17, 15) is 14.7 Å². The quantitative estimate of drug-likeness (QED) is 0.633. The summed E-state index contributed by atoms with van der Waals surface area (Å²) in [7, 11) is 0. The first-order chi connectivity index (χ1) is 12.6. The number of ketones is 1. The largest absolute Gasteiger partial charge is 0.493 e. The van der Waals surface area contributed by atoms with Crippen LogP contribution in [-0.4, -0.2) is 34.5 Å². The van der Waals surface area contributed by atoms with E-state index in [1.165, 1.54) is 6.20 Å². The van der Waals surface area contributed by atoms with Crippen molar-refractivity contribution in [2.24, 2.45) is 5.92 Å². The Morgan fingerprint density at radius 3 is 2.85 bits per heavy atom. The molecule has 134 valence electrons. The third-order valence-electron chi connectivity index (χ3n) is 5.11. The molecule has 2 N–H and O–H groups in total. The highest BCUT2D eigenvalue weighted by Gasteiger charge is 2.37. The van der Waals surface area contributed by atoms with Crippen LogP contribution in [0.5, 0.6) is 5.75 Å². The van der Waals surface area contributed by atoms with Crippen LogP contribution >= 0.6 is 0 Å². The van der Waals surface area contributed by atoms with Gasteiger partial charge in [0.1, 0.15) is 5.75 Å². The van der Waals surface area contributed by atoms with E-state index < -0.39 is 11.7 Å². The standard InChI is InChI=1S/C20H20N2O4/c23-16-9-15(10-16)18(13-3-4-17-12(8-13)5-7-26-17)22-20(25)19(24)14-2-1-6-21-11-14/h1-4,6,8,11,15-16,18,23H,5,7,9-10H2,(H,22,25)/t15?,16?,18-/m1/s1. The van der Waals surface area contributed by atoms with Crippen LogP contribution in [0.3, 0.4) is 0 Å². The summed E-state index contributed by atoms with van der Waals surface area (Å²) in [5.41, 5.74) is 2.32. The van der Waals surface area contributed by atoms with Crippen LogP contribution in [0.25, 0.3) is 0 Å². The predicted octanol–water partition coefficient (Wildman–Crippen LogP) is 1.83. The molecule has 0 spiro atoms. The number of pyridine rings is 1. The van der Waals surface area contributed by atoms with Crippen molar-refractivity contribution < 1.29 is 19.4 Å². The zero-order valence-electron chi connectivity index (χ0n) is 14.2. The molecule has 0 saturated heterocycles. The van der Waals surface area contributed by atoms with Crippen LogP contribution in [0.2, 0.25) is 0 Å². The summed E-state index contributed by atoms with van der Waals surface area (Å²) < 4.78 is 5.54. The van der Waals surface area contributed by atoms with Crippen molar-refractivity contribution in [2.45, 2.75) is 31.4 Å².